The van der Waals surface area contributed by atoms with E-state index in [0.717, 1.165) is 5.56 Å². The molecule has 0 spiro atoms. The Morgan fingerprint density at radius 2 is 1.75 bits per heavy atom. The van der Waals surface area contributed by atoms with Crippen molar-refractivity contribution in [1.29, 1.82) is 0 Å². The zero-order valence-corrected chi connectivity index (χ0v) is 7.13. The Kier molecular flexibility index (Phi) is 2.13. The molecule has 0 atom stereocenters. The molecule has 0 amide bonds. The SMILES string of the molecule is [CH2]c1cc(C)c([N+](=O)[O-])c(C)c1. The van der Waals surface area contributed by atoms with Gasteiger partial charge in [0.25, 0.3) is 5.69 Å². The molecule has 0 aliphatic rings. The van der Waals surface area contributed by atoms with Gasteiger partial charge < -0.3 is 0 Å². The lowest BCUT2D eigenvalue weighted by molar-refractivity contribution is -0.386. The van der Waals surface area contributed by atoms with Gasteiger partial charge in [0.15, 0.2) is 0 Å². The van der Waals surface area contributed by atoms with E-state index in [1.807, 2.05) is 0 Å². The molecule has 3 nitrogen and oxygen atoms in total. The Morgan fingerprint density at radius 3 is 2.08 bits per heavy atom. The van der Waals surface area contributed by atoms with Crippen LogP contribution in [0, 0.1) is 30.9 Å². The Morgan fingerprint density at radius 1 is 1.33 bits per heavy atom. The van der Waals surface area contributed by atoms with Crippen LogP contribution in [0.5, 0.6) is 0 Å². The second kappa shape index (κ2) is 2.93. The summed E-state index contributed by atoms with van der Waals surface area (Å²) < 4.78 is 0. The van der Waals surface area contributed by atoms with Crippen molar-refractivity contribution < 1.29 is 4.92 Å². The van der Waals surface area contributed by atoms with Crippen molar-refractivity contribution in [2.45, 2.75) is 13.8 Å². The van der Waals surface area contributed by atoms with Crippen LogP contribution in [0.1, 0.15) is 16.7 Å². The van der Waals surface area contributed by atoms with Gasteiger partial charge in [-0.25, -0.2) is 0 Å². The van der Waals surface area contributed by atoms with Gasteiger partial charge >= 0.3 is 0 Å². The first-order chi connectivity index (χ1) is 5.52. The van der Waals surface area contributed by atoms with Gasteiger partial charge in [-0.3, -0.25) is 10.1 Å². The van der Waals surface area contributed by atoms with Crippen LogP contribution in [-0.2, 0) is 0 Å². The van der Waals surface area contributed by atoms with Crippen molar-refractivity contribution in [3.8, 4) is 0 Å². The Balaban J connectivity index is 3.38. The van der Waals surface area contributed by atoms with E-state index < -0.39 is 0 Å². The first-order valence-electron chi connectivity index (χ1n) is 3.60. The molecule has 0 unspecified atom stereocenters. The molecule has 0 saturated heterocycles. The van der Waals surface area contributed by atoms with Crippen LogP contribution >= 0.6 is 0 Å². The normalized spacial score (nSPS) is 9.92. The molecule has 0 aromatic heterocycles. The number of benzene rings is 1. The number of nitro benzene ring substituents is 1. The molecule has 1 radical (unpaired) electrons. The minimum atomic E-state index is -0.357. The average molecular weight is 164 g/mol. The van der Waals surface area contributed by atoms with E-state index in [-0.39, 0.29) is 10.6 Å². The fourth-order valence-electron chi connectivity index (χ4n) is 1.33. The quantitative estimate of drug-likeness (QED) is 0.472. The third kappa shape index (κ3) is 1.44. The summed E-state index contributed by atoms with van der Waals surface area (Å²) in [6.45, 7) is 7.16. The summed E-state index contributed by atoms with van der Waals surface area (Å²) in [7, 11) is 0. The minimum Gasteiger partial charge on any atom is -0.258 e. The van der Waals surface area contributed by atoms with E-state index >= 15 is 0 Å². The van der Waals surface area contributed by atoms with Gasteiger partial charge in [0.05, 0.1) is 4.92 Å². The maximum absolute atomic E-state index is 10.5. The van der Waals surface area contributed by atoms with Gasteiger partial charge in [-0.2, -0.15) is 0 Å². The third-order valence-electron chi connectivity index (χ3n) is 1.73. The smallest absolute Gasteiger partial charge is 0.258 e. The molecule has 0 N–H and O–H groups in total. The van der Waals surface area contributed by atoms with E-state index in [1.165, 1.54) is 0 Å². The van der Waals surface area contributed by atoms with Crippen LogP contribution in [0.25, 0.3) is 0 Å². The van der Waals surface area contributed by atoms with Crippen LogP contribution < -0.4 is 0 Å². The van der Waals surface area contributed by atoms with Gasteiger partial charge in [0.1, 0.15) is 0 Å². The fraction of sp³-hybridized carbons (Fsp3) is 0.222. The van der Waals surface area contributed by atoms with Gasteiger partial charge in [-0.15, -0.1) is 0 Å². The largest absolute Gasteiger partial charge is 0.275 e. The van der Waals surface area contributed by atoms with Crippen LogP contribution in [0.2, 0.25) is 0 Å². The summed E-state index contributed by atoms with van der Waals surface area (Å²) in [4.78, 5) is 10.2. The molecule has 0 bridgehead atoms. The van der Waals surface area contributed by atoms with Crippen molar-refractivity contribution in [3.63, 3.8) is 0 Å². The summed E-state index contributed by atoms with van der Waals surface area (Å²) in [6.07, 6.45) is 0. The second-order valence-electron chi connectivity index (χ2n) is 2.84. The maximum atomic E-state index is 10.5. The van der Waals surface area contributed by atoms with Gasteiger partial charge in [-0.05, 0) is 38.5 Å². The van der Waals surface area contributed by atoms with Crippen LogP contribution in [0.4, 0.5) is 5.69 Å². The molecule has 0 aliphatic heterocycles. The minimum absolute atomic E-state index is 0.197. The van der Waals surface area contributed by atoms with E-state index in [2.05, 4.69) is 6.92 Å². The molecule has 0 fully saturated rings. The Hall–Kier alpha value is -1.38. The molecular formula is C9H10NO2. The third-order valence-corrected chi connectivity index (χ3v) is 1.73. The van der Waals surface area contributed by atoms with Crippen molar-refractivity contribution in [2.75, 3.05) is 0 Å². The molecule has 63 valence electrons. The molecule has 3 heteroatoms. The van der Waals surface area contributed by atoms with Crippen molar-refractivity contribution in [2.24, 2.45) is 0 Å². The number of nitro groups is 1. The lowest BCUT2D eigenvalue weighted by Crippen LogP contribution is -1.95. The fourth-order valence-corrected chi connectivity index (χ4v) is 1.33. The molecule has 1 aromatic rings. The predicted octanol–water partition coefficient (Wildman–Crippen LogP) is 2.39. The second-order valence-corrected chi connectivity index (χ2v) is 2.84. The number of hydrogen-bond donors (Lipinski definition) is 0. The molecule has 0 heterocycles. The summed E-state index contributed by atoms with van der Waals surface area (Å²) in [5.41, 5.74) is 2.35. The zero-order valence-electron chi connectivity index (χ0n) is 7.13. The molecule has 0 aliphatic carbocycles. The van der Waals surface area contributed by atoms with Crippen LogP contribution in [0.15, 0.2) is 12.1 Å². The number of rotatable bonds is 1. The highest BCUT2D eigenvalue weighted by Crippen LogP contribution is 2.23. The lowest BCUT2D eigenvalue weighted by Gasteiger charge is -2.01. The summed E-state index contributed by atoms with van der Waals surface area (Å²) >= 11 is 0. The average Bonchev–Trinajstić information content (AvgIpc) is 1.82. The molecule has 12 heavy (non-hydrogen) atoms. The summed E-state index contributed by atoms with van der Waals surface area (Å²) in [5, 5.41) is 10.5. The number of hydrogen-bond acceptors (Lipinski definition) is 2. The number of nitrogens with zero attached hydrogens (tertiary/aromatic N) is 1. The summed E-state index contributed by atoms with van der Waals surface area (Å²) in [5.74, 6) is 0. The molecule has 1 rings (SSSR count). The lowest BCUT2D eigenvalue weighted by atomic mass is 10.1. The van der Waals surface area contributed by atoms with Crippen LogP contribution in [-0.4, -0.2) is 4.92 Å². The zero-order chi connectivity index (χ0) is 9.30. The predicted molar refractivity (Wildman–Crippen MR) is 47.0 cm³/mol. The van der Waals surface area contributed by atoms with Gasteiger partial charge in [0.2, 0.25) is 0 Å². The van der Waals surface area contributed by atoms with E-state index in [9.17, 15) is 10.1 Å². The Bertz CT molecular complexity index is 308. The number of aryl methyl sites for hydroxylation is 2. The highest BCUT2D eigenvalue weighted by Gasteiger charge is 2.13. The maximum Gasteiger partial charge on any atom is 0.275 e. The molecule has 1 aromatic carbocycles. The van der Waals surface area contributed by atoms with Gasteiger partial charge in [0, 0.05) is 11.1 Å². The van der Waals surface area contributed by atoms with Crippen molar-refractivity contribution in [1.82, 2.24) is 0 Å². The highest BCUT2D eigenvalue weighted by atomic mass is 16.6. The monoisotopic (exact) mass is 164 g/mol. The van der Waals surface area contributed by atoms with Crippen LogP contribution in [0.3, 0.4) is 0 Å². The van der Waals surface area contributed by atoms with Crippen molar-refractivity contribution >= 4 is 5.69 Å². The van der Waals surface area contributed by atoms with Crippen molar-refractivity contribution in [3.05, 3.63) is 45.9 Å². The van der Waals surface area contributed by atoms with Gasteiger partial charge in [-0.1, -0.05) is 0 Å². The molecule has 0 saturated carbocycles. The highest BCUT2D eigenvalue weighted by molar-refractivity contribution is 5.49. The first-order valence-corrected chi connectivity index (χ1v) is 3.60. The van der Waals surface area contributed by atoms with E-state index in [0.29, 0.717) is 11.1 Å². The topological polar surface area (TPSA) is 43.1 Å². The van der Waals surface area contributed by atoms with E-state index in [1.54, 1.807) is 26.0 Å². The summed E-state index contributed by atoms with van der Waals surface area (Å²) in [6, 6.07) is 3.43. The van der Waals surface area contributed by atoms with E-state index in [4.69, 9.17) is 0 Å². The Labute approximate surface area is 71.2 Å². The first kappa shape index (κ1) is 8.71. The standard InChI is InChI=1S/C9H10NO2/c1-6-4-7(2)9(10(11)12)8(3)5-6/h4-5H,1H2,2-3H3. The molecular weight excluding hydrogens is 154 g/mol.